The molecule has 0 unspecified atom stereocenters. The van der Waals surface area contributed by atoms with Gasteiger partial charge in [0.1, 0.15) is 5.69 Å². The van der Waals surface area contributed by atoms with Crippen molar-refractivity contribution in [3.05, 3.63) is 59.0 Å². The Kier molecular flexibility index (Phi) is 3.72. The molecule has 4 nitrogen and oxygen atoms in total. The Hall–Kier alpha value is -2.97. The first-order valence-corrected chi connectivity index (χ1v) is 8.00. The second-order valence-electron chi connectivity index (χ2n) is 6.31. The summed E-state index contributed by atoms with van der Waals surface area (Å²) in [6.45, 7) is 3.24. The van der Waals surface area contributed by atoms with Gasteiger partial charge in [-0.1, -0.05) is 18.2 Å². The zero-order valence-electron chi connectivity index (χ0n) is 14.2. The van der Waals surface area contributed by atoms with Crippen LogP contribution in [0.1, 0.15) is 28.8 Å². The Labute approximate surface area is 149 Å². The summed E-state index contributed by atoms with van der Waals surface area (Å²) in [5.41, 5.74) is -0.266. The zero-order chi connectivity index (χ0) is 19.5. The van der Waals surface area contributed by atoms with Gasteiger partial charge in [0, 0.05) is 17.1 Å². The summed E-state index contributed by atoms with van der Waals surface area (Å²) in [5.74, 6) is 0. The van der Waals surface area contributed by atoms with E-state index in [9.17, 15) is 22.0 Å². The minimum Gasteiger partial charge on any atom is -0.237 e. The molecule has 0 atom stereocenters. The predicted molar refractivity (Wildman–Crippen MR) is 89.3 cm³/mol. The topological polar surface area (TPSA) is 35.1 Å². The van der Waals surface area contributed by atoms with E-state index in [1.165, 1.54) is 23.9 Å². The van der Waals surface area contributed by atoms with Crippen molar-refractivity contribution in [1.82, 2.24) is 19.4 Å². The Morgan fingerprint density at radius 1 is 1.04 bits per heavy atom. The average Bonchev–Trinajstić information content (AvgIpc) is 3.16. The van der Waals surface area contributed by atoms with Gasteiger partial charge in [-0.25, -0.2) is 18.0 Å². The van der Waals surface area contributed by atoms with Crippen molar-refractivity contribution in [2.24, 2.45) is 0 Å². The number of hydrogen-bond acceptors (Lipinski definition) is 2. The van der Waals surface area contributed by atoms with Crippen LogP contribution in [0.15, 0.2) is 36.7 Å². The van der Waals surface area contributed by atoms with E-state index in [4.69, 9.17) is 0 Å². The van der Waals surface area contributed by atoms with Crippen molar-refractivity contribution < 1.29 is 22.0 Å². The monoisotopic (exact) mass is 380 g/mol. The molecule has 0 saturated heterocycles. The highest BCUT2D eigenvalue weighted by atomic mass is 19.4. The van der Waals surface area contributed by atoms with E-state index in [0.29, 0.717) is 10.9 Å². The molecule has 4 rings (SSSR count). The van der Waals surface area contributed by atoms with Crippen LogP contribution in [0.5, 0.6) is 0 Å². The zero-order valence-corrected chi connectivity index (χ0v) is 14.2. The number of fused-ring (bicyclic) bond motifs is 2. The van der Waals surface area contributed by atoms with Crippen molar-refractivity contribution in [3.63, 3.8) is 0 Å². The molecule has 0 aliphatic heterocycles. The number of alkyl halides is 5. The first kappa shape index (κ1) is 17.4. The second kappa shape index (κ2) is 5.77. The fraction of sp³-hybridized carbons (Fsp3) is 0.222. The standard InChI is InChI=1S/C18H13F5N4/c1-9-4-3-5-11-7-24-27(13(9)11)15-14-10(2)6-12(17(19)20)8-26(14)25-16(15)18(21,22)23/h3-8,17H,1-2H3. The van der Waals surface area contributed by atoms with E-state index >= 15 is 0 Å². The number of nitrogens with zero attached hydrogens (tertiary/aromatic N) is 4. The molecule has 0 aliphatic carbocycles. The summed E-state index contributed by atoms with van der Waals surface area (Å²) in [6.07, 6.45) is -5.21. The molecule has 0 amide bonds. The largest absolute Gasteiger partial charge is 0.437 e. The van der Waals surface area contributed by atoms with Crippen LogP contribution in [0.2, 0.25) is 0 Å². The lowest BCUT2D eigenvalue weighted by molar-refractivity contribution is -0.141. The number of rotatable bonds is 2. The number of para-hydroxylation sites is 1. The molecule has 27 heavy (non-hydrogen) atoms. The molecular formula is C18H13F5N4. The normalized spacial score (nSPS) is 12.6. The highest BCUT2D eigenvalue weighted by Gasteiger charge is 2.40. The molecule has 0 radical (unpaired) electrons. The van der Waals surface area contributed by atoms with Crippen molar-refractivity contribution in [3.8, 4) is 5.69 Å². The summed E-state index contributed by atoms with van der Waals surface area (Å²) in [4.78, 5) is 0. The molecular weight excluding hydrogens is 367 g/mol. The van der Waals surface area contributed by atoms with E-state index in [-0.39, 0.29) is 16.8 Å². The Balaban J connectivity index is 2.15. The molecule has 1 aromatic carbocycles. The number of pyridine rings is 1. The van der Waals surface area contributed by atoms with Crippen LogP contribution in [0, 0.1) is 13.8 Å². The van der Waals surface area contributed by atoms with E-state index in [0.717, 1.165) is 16.3 Å². The number of halogens is 5. The van der Waals surface area contributed by atoms with Gasteiger partial charge in [-0.2, -0.15) is 23.4 Å². The van der Waals surface area contributed by atoms with E-state index in [1.807, 2.05) is 0 Å². The molecule has 0 spiro atoms. The maximum absolute atomic E-state index is 13.7. The molecule has 3 heterocycles. The number of aromatic nitrogens is 4. The molecule has 0 bridgehead atoms. The summed E-state index contributed by atoms with van der Waals surface area (Å²) >= 11 is 0. The third-order valence-electron chi connectivity index (χ3n) is 4.44. The molecule has 0 saturated carbocycles. The van der Waals surface area contributed by atoms with Crippen molar-refractivity contribution in [2.45, 2.75) is 26.4 Å². The Bertz CT molecular complexity index is 1170. The van der Waals surface area contributed by atoms with Crippen LogP contribution in [0.3, 0.4) is 0 Å². The molecule has 4 aromatic rings. The van der Waals surface area contributed by atoms with Gasteiger partial charge in [0.15, 0.2) is 5.69 Å². The minimum absolute atomic E-state index is 0.0833. The van der Waals surface area contributed by atoms with Gasteiger partial charge < -0.3 is 0 Å². The lowest BCUT2D eigenvalue weighted by atomic mass is 10.1. The van der Waals surface area contributed by atoms with Crippen LogP contribution >= 0.6 is 0 Å². The van der Waals surface area contributed by atoms with Gasteiger partial charge in [0.2, 0.25) is 0 Å². The van der Waals surface area contributed by atoms with E-state index < -0.39 is 23.9 Å². The van der Waals surface area contributed by atoms with Gasteiger partial charge in [0.25, 0.3) is 6.43 Å². The fourth-order valence-electron chi connectivity index (χ4n) is 3.32. The molecule has 0 fully saturated rings. The highest BCUT2D eigenvalue weighted by molar-refractivity contribution is 5.86. The Morgan fingerprint density at radius 2 is 1.78 bits per heavy atom. The van der Waals surface area contributed by atoms with Crippen LogP contribution in [0.4, 0.5) is 22.0 Å². The Morgan fingerprint density at radius 3 is 2.44 bits per heavy atom. The van der Waals surface area contributed by atoms with Crippen molar-refractivity contribution in [1.29, 1.82) is 0 Å². The number of hydrogen-bond donors (Lipinski definition) is 0. The van der Waals surface area contributed by atoms with Crippen molar-refractivity contribution in [2.75, 3.05) is 0 Å². The van der Waals surface area contributed by atoms with Crippen LogP contribution in [-0.4, -0.2) is 19.4 Å². The van der Waals surface area contributed by atoms with Crippen molar-refractivity contribution >= 4 is 16.4 Å². The van der Waals surface area contributed by atoms with Crippen LogP contribution in [0.25, 0.3) is 22.1 Å². The quantitative estimate of drug-likeness (QED) is 0.446. The van der Waals surface area contributed by atoms with Gasteiger partial charge in [-0.3, -0.25) is 0 Å². The maximum Gasteiger partial charge on any atom is 0.437 e. The lowest BCUT2D eigenvalue weighted by Gasteiger charge is -2.10. The van der Waals surface area contributed by atoms with Crippen LogP contribution in [-0.2, 0) is 6.18 Å². The summed E-state index contributed by atoms with van der Waals surface area (Å²) < 4.78 is 69.3. The highest BCUT2D eigenvalue weighted by Crippen LogP contribution is 2.38. The van der Waals surface area contributed by atoms with Gasteiger partial charge in [0.05, 0.1) is 17.2 Å². The maximum atomic E-state index is 13.7. The van der Waals surface area contributed by atoms with Gasteiger partial charge >= 0.3 is 6.18 Å². The molecule has 3 aromatic heterocycles. The summed E-state index contributed by atoms with van der Waals surface area (Å²) in [6, 6.07) is 6.46. The SMILES string of the molecule is Cc1cccc2cnn(-c3c(C(F)(F)F)nn4cc(C(F)F)cc(C)c34)c12. The molecule has 9 heteroatoms. The second-order valence-corrected chi connectivity index (χ2v) is 6.31. The van der Waals surface area contributed by atoms with E-state index in [1.54, 1.807) is 25.1 Å². The van der Waals surface area contributed by atoms with Crippen LogP contribution < -0.4 is 0 Å². The first-order valence-electron chi connectivity index (χ1n) is 8.00. The number of aryl methyl sites for hydroxylation is 2. The molecule has 140 valence electrons. The smallest absolute Gasteiger partial charge is 0.237 e. The van der Waals surface area contributed by atoms with Gasteiger partial charge in [-0.05, 0) is 31.0 Å². The minimum atomic E-state index is -4.78. The third kappa shape index (κ3) is 2.65. The molecule has 0 N–H and O–H groups in total. The summed E-state index contributed by atoms with van der Waals surface area (Å²) in [5, 5.41) is 8.39. The van der Waals surface area contributed by atoms with E-state index in [2.05, 4.69) is 10.2 Å². The fourth-order valence-corrected chi connectivity index (χ4v) is 3.32. The molecule has 0 aliphatic rings. The average molecular weight is 380 g/mol. The first-order chi connectivity index (χ1) is 12.7. The number of benzene rings is 1. The third-order valence-corrected chi connectivity index (χ3v) is 4.44. The van der Waals surface area contributed by atoms with Gasteiger partial charge in [-0.15, -0.1) is 0 Å². The predicted octanol–water partition coefficient (Wildman–Crippen LogP) is 5.25. The lowest BCUT2D eigenvalue weighted by Crippen LogP contribution is -2.11. The summed E-state index contributed by atoms with van der Waals surface area (Å²) in [7, 11) is 0.